The third-order valence-electron chi connectivity index (χ3n) is 8.54. The number of thioether (sulfide) groups is 1. The topological polar surface area (TPSA) is 87.2 Å². The number of fused-ring (bicyclic) bond motifs is 2. The van der Waals surface area contributed by atoms with Crippen LogP contribution in [-0.2, 0) is 32.0 Å². The molecule has 232 valence electrons. The number of piperidine rings is 1. The van der Waals surface area contributed by atoms with Crippen molar-refractivity contribution in [3.8, 4) is 0 Å². The monoisotopic (exact) mass is 641 g/mol. The summed E-state index contributed by atoms with van der Waals surface area (Å²) < 4.78 is 6.11. The highest BCUT2D eigenvalue weighted by molar-refractivity contribution is 8.23. The minimum absolute atomic E-state index is 0.0667. The Morgan fingerprint density at radius 1 is 0.867 bits per heavy atom. The summed E-state index contributed by atoms with van der Waals surface area (Å²) in [5.41, 5.74) is 4.25. The van der Waals surface area contributed by atoms with Crippen LogP contribution in [0.25, 0.3) is 0 Å². The molecule has 3 amide bonds. The van der Waals surface area contributed by atoms with Crippen LogP contribution < -0.4 is 9.80 Å². The number of carbonyl (C=O) groups is 4. The fraction of sp³-hybridized carbons (Fsp3) is 0.343. The molecule has 0 bridgehead atoms. The zero-order valence-electron chi connectivity index (χ0n) is 25.3. The SMILES string of the molecule is C[C@H]1C[C@H](C)CN(C(=S)S[C@@H]2CC(=O)N(c3ccc(C(=O)OCC(=O)N4c5ccccc5CCc5ccccc54)cc3)C2=O)C1. The first-order valence-electron chi connectivity index (χ1n) is 15.3. The van der Waals surface area contributed by atoms with Crippen LogP contribution in [0.15, 0.2) is 72.8 Å². The third-order valence-corrected chi connectivity index (χ3v) is 10.2. The number of rotatable bonds is 5. The highest BCUT2D eigenvalue weighted by Crippen LogP contribution is 2.36. The quantitative estimate of drug-likeness (QED) is 0.192. The maximum atomic E-state index is 13.5. The van der Waals surface area contributed by atoms with E-state index in [1.165, 1.54) is 23.9 Å². The fourth-order valence-corrected chi connectivity index (χ4v) is 8.02. The molecule has 2 saturated heterocycles. The average molecular weight is 642 g/mol. The van der Waals surface area contributed by atoms with Gasteiger partial charge in [-0.2, -0.15) is 0 Å². The van der Waals surface area contributed by atoms with Gasteiger partial charge in [0.1, 0.15) is 9.57 Å². The highest BCUT2D eigenvalue weighted by atomic mass is 32.2. The predicted octanol–water partition coefficient (Wildman–Crippen LogP) is 5.93. The lowest BCUT2D eigenvalue weighted by molar-refractivity contribution is -0.122. The largest absolute Gasteiger partial charge is 0.452 e. The minimum Gasteiger partial charge on any atom is -0.452 e. The van der Waals surface area contributed by atoms with Gasteiger partial charge in [0, 0.05) is 19.5 Å². The molecule has 8 nitrogen and oxygen atoms in total. The number of anilines is 3. The van der Waals surface area contributed by atoms with Gasteiger partial charge in [0.05, 0.1) is 22.6 Å². The number of imide groups is 1. The van der Waals surface area contributed by atoms with Crippen molar-refractivity contribution < 1.29 is 23.9 Å². The van der Waals surface area contributed by atoms with Gasteiger partial charge < -0.3 is 9.64 Å². The second-order valence-corrected chi connectivity index (χ2v) is 13.9. The van der Waals surface area contributed by atoms with Crippen molar-refractivity contribution in [2.45, 2.75) is 44.8 Å². The Morgan fingerprint density at radius 2 is 1.44 bits per heavy atom. The fourth-order valence-electron chi connectivity index (χ4n) is 6.55. The van der Waals surface area contributed by atoms with Crippen molar-refractivity contribution in [1.29, 1.82) is 0 Å². The predicted molar refractivity (Wildman–Crippen MR) is 180 cm³/mol. The Bertz CT molecular complexity index is 1600. The first kappa shape index (κ1) is 31.0. The molecule has 3 aliphatic heterocycles. The van der Waals surface area contributed by atoms with Crippen LogP contribution in [0.1, 0.15) is 48.2 Å². The van der Waals surface area contributed by atoms with Crippen LogP contribution in [0.5, 0.6) is 0 Å². The summed E-state index contributed by atoms with van der Waals surface area (Å²) in [5.74, 6) is -0.602. The lowest BCUT2D eigenvalue weighted by atomic mass is 9.92. The molecule has 3 heterocycles. The molecule has 0 saturated carbocycles. The van der Waals surface area contributed by atoms with Gasteiger partial charge in [-0.3, -0.25) is 19.3 Å². The lowest BCUT2D eigenvalue weighted by Gasteiger charge is -2.36. The average Bonchev–Trinajstić information content (AvgIpc) is 3.20. The number of carbonyl (C=O) groups excluding carboxylic acids is 4. The van der Waals surface area contributed by atoms with Crippen LogP contribution in [0.3, 0.4) is 0 Å². The summed E-state index contributed by atoms with van der Waals surface area (Å²) in [6.45, 7) is 5.67. The Morgan fingerprint density at radius 3 is 2.04 bits per heavy atom. The molecule has 10 heteroatoms. The molecule has 0 aromatic heterocycles. The van der Waals surface area contributed by atoms with Crippen molar-refractivity contribution in [2.75, 3.05) is 29.5 Å². The van der Waals surface area contributed by atoms with Crippen LogP contribution >= 0.6 is 24.0 Å². The number of nitrogens with zero attached hydrogens (tertiary/aromatic N) is 3. The van der Waals surface area contributed by atoms with E-state index in [9.17, 15) is 19.2 Å². The van der Waals surface area contributed by atoms with E-state index < -0.39 is 17.8 Å². The first-order chi connectivity index (χ1) is 21.7. The van der Waals surface area contributed by atoms with E-state index in [1.807, 2.05) is 48.5 Å². The maximum Gasteiger partial charge on any atom is 0.338 e. The van der Waals surface area contributed by atoms with Gasteiger partial charge in [-0.05, 0) is 78.6 Å². The number of hydrogen-bond donors (Lipinski definition) is 0. The first-order valence-corrected chi connectivity index (χ1v) is 16.6. The molecule has 2 fully saturated rings. The van der Waals surface area contributed by atoms with E-state index >= 15 is 0 Å². The van der Waals surface area contributed by atoms with E-state index in [4.69, 9.17) is 17.0 Å². The zero-order valence-corrected chi connectivity index (χ0v) is 26.9. The molecule has 6 rings (SSSR count). The van der Waals surface area contributed by atoms with Crippen LogP contribution in [0, 0.1) is 11.8 Å². The molecule has 3 aromatic carbocycles. The molecule has 0 N–H and O–H groups in total. The number of esters is 1. The standard InChI is InChI=1S/C35H35N3O5S2/c1-22-17-23(2)20-36(19-22)35(44)45-30-18-31(39)37(33(30)41)27-15-13-26(14-16-27)34(42)43-21-32(40)38-28-9-5-3-7-24(28)11-12-25-8-4-6-10-29(25)38/h3-10,13-16,22-23,30H,11-12,17-21H2,1-2H3/t22-,23-,30+/m0/s1. The van der Waals surface area contributed by atoms with Gasteiger partial charge in [-0.1, -0.05) is 74.2 Å². The van der Waals surface area contributed by atoms with E-state index in [2.05, 4.69) is 18.7 Å². The molecule has 0 spiro atoms. The van der Waals surface area contributed by atoms with Crippen molar-refractivity contribution >= 4 is 69.1 Å². The van der Waals surface area contributed by atoms with Gasteiger partial charge in [-0.15, -0.1) is 0 Å². The molecule has 3 atom stereocenters. The number of hydrogen-bond acceptors (Lipinski definition) is 7. The van der Waals surface area contributed by atoms with Crippen molar-refractivity contribution in [1.82, 2.24) is 4.90 Å². The van der Waals surface area contributed by atoms with Crippen molar-refractivity contribution in [2.24, 2.45) is 11.8 Å². The minimum atomic E-state index is -0.672. The van der Waals surface area contributed by atoms with Crippen LogP contribution in [0.2, 0.25) is 0 Å². The normalized spacial score (nSPS) is 21.2. The van der Waals surface area contributed by atoms with Gasteiger partial charge in [0.2, 0.25) is 11.8 Å². The Balaban J connectivity index is 1.09. The molecule has 0 radical (unpaired) electrons. The Labute approximate surface area is 272 Å². The third kappa shape index (κ3) is 6.53. The molecular weight excluding hydrogens is 607 g/mol. The highest BCUT2D eigenvalue weighted by Gasteiger charge is 2.41. The number of amides is 3. The van der Waals surface area contributed by atoms with Crippen LogP contribution in [0.4, 0.5) is 17.1 Å². The van der Waals surface area contributed by atoms with Crippen molar-refractivity contribution in [3.05, 3.63) is 89.5 Å². The number of ether oxygens (including phenoxy) is 1. The van der Waals surface area contributed by atoms with E-state index in [0.717, 1.165) is 59.8 Å². The number of likely N-dealkylation sites (tertiary alicyclic amines) is 1. The smallest absolute Gasteiger partial charge is 0.338 e. The molecule has 0 aliphatic carbocycles. The Kier molecular flexibility index (Phi) is 9.05. The summed E-state index contributed by atoms with van der Waals surface area (Å²) in [6, 6.07) is 21.6. The van der Waals surface area contributed by atoms with E-state index in [0.29, 0.717) is 21.8 Å². The zero-order chi connectivity index (χ0) is 31.7. The van der Waals surface area contributed by atoms with Gasteiger partial charge in [-0.25, -0.2) is 9.69 Å². The Hall–Kier alpha value is -4.02. The molecule has 3 aliphatic rings. The van der Waals surface area contributed by atoms with Gasteiger partial charge in [0.25, 0.3) is 5.91 Å². The number of aryl methyl sites for hydroxylation is 2. The maximum absolute atomic E-state index is 13.5. The molecule has 0 unspecified atom stereocenters. The summed E-state index contributed by atoms with van der Waals surface area (Å²) in [7, 11) is 0. The number of benzene rings is 3. The van der Waals surface area contributed by atoms with Gasteiger partial charge in [0.15, 0.2) is 6.61 Å². The van der Waals surface area contributed by atoms with Crippen LogP contribution in [-0.4, -0.2) is 57.9 Å². The number of para-hydroxylation sites is 2. The number of thiocarbonyl (C=S) groups is 1. The van der Waals surface area contributed by atoms with Gasteiger partial charge >= 0.3 is 5.97 Å². The second-order valence-electron chi connectivity index (χ2n) is 12.1. The van der Waals surface area contributed by atoms with E-state index in [1.54, 1.807) is 17.0 Å². The molecule has 3 aromatic rings. The second kappa shape index (κ2) is 13.1. The molecular formula is C35H35N3O5S2. The van der Waals surface area contributed by atoms with Crippen molar-refractivity contribution in [3.63, 3.8) is 0 Å². The van der Waals surface area contributed by atoms with E-state index in [-0.39, 0.29) is 29.7 Å². The summed E-state index contributed by atoms with van der Waals surface area (Å²) >= 11 is 6.95. The lowest BCUT2D eigenvalue weighted by Crippen LogP contribution is -2.41. The summed E-state index contributed by atoms with van der Waals surface area (Å²) in [5, 5.41) is -0.581. The summed E-state index contributed by atoms with van der Waals surface area (Å²) in [6.07, 6.45) is 2.82. The molecule has 45 heavy (non-hydrogen) atoms. The summed E-state index contributed by atoms with van der Waals surface area (Å²) in [4.78, 5) is 57.6.